The number of nitrogens with one attached hydrogen (secondary N) is 2. The van der Waals surface area contributed by atoms with Crippen LogP contribution in [-0.2, 0) is 9.53 Å². The van der Waals surface area contributed by atoms with Gasteiger partial charge >= 0.3 is 0 Å². The number of para-hydroxylation sites is 1. The van der Waals surface area contributed by atoms with Gasteiger partial charge < -0.3 is 21.1 Å². The molecule has 6 nitrogen and oxygen atoms in total. The molecule has 1 aromatic rings. The van der Waals surface area contributed by atoms with E-state index in [0.29, 0.717) is 24.4 Å². The normalized spacial score (nSPS) is 9.32. The van der Waals surface area contributed by atoms with Crippen molar-refractivity contribution in [2.24, 2.45) is 0 Å². The first-order chi connectivity index (χ1) is 8.65. The molecule has 0 fully saturated rings. The number of methoxy groups -OCH3 is 1. The molecule has 0 heterocycles. The molecule has 2 amide bonds. The maximum absolute atomic E-state index is 11.7. The maximum Gasteiger partial charge on any atom is 0.253 e. The van der Waals surface area contributed by atoms with Crippen LogP contribution in [-0.4, -0.2) is 38.6 Å². The summed E-state index contributed by atoms with van der Waals surface area (Å²) in [7, 11) is 1.55. The molecule has 0 unspecified atom stereocenters. The SMILES string of the molecule is COCCNC(=O)CNC(=O)c1ccccc1N.Cl. The second-order valence-corrected chi connectivity index (χ2v) is 3.61. The Morgan fingerprint density at radius 3 is 2.58 bits per heavy atom. The Hall–Kier alpha value is -1.79. The van der Waals surface area contributed by atoms with E-state index in [1.54, 1.807) is 31.4 Å². The molecular weight excluding hydrogens is 270 g/mol. The van der Waals surface area contributed by atoms with Crippen molar-refractivity contribution in [3.63, 3.8) is 0 Å². The van der Waals surface area contributed by atoms with Gasteiger partial charge in [-0.1, -0.05) is 12.1 Å². The molecule has 0 saturated heterocycles. The number of hydrogen-bond acceptors (Lipinski definition) is 4. The largest absolute Gasteiger partial charge is 0.398 e. The smallest absolute Gasteiger partial charge is 0.253 e. The molecule has 0 aliphatic heterocycles. The van der Waals surface area contributed by atoms with Crippen molar-refractivity contribution in [1.82, 2.24) is 10.6 Å². The lowest BCUT2D eigenvalue weighted by Crippen LogP contribution is -2.38. The number of halogens is 1. The number of rotatable bonds is 6. The molecule has 1 aromatic carbocycles. The number of benzene rings is 1. The van der Waals surface area contributed by atoms with Gasteiger partial charge in [0.15, 0.2) is 0 Å². The van der Waals surface area contributed by atoms with Crippen molar-refractivity contribution in [2.75, 3.05) is 32.5 Å². The third-order valence-corrected chi connectivity index (χ3v) is 2.24. The first-order valence-corrected chi connectivity index (χ1v) is 5.53. The topological polar surface area (TPSA) is 93.5 Å². The zero-order valence-corrected chi connectivity index (χ0v) is 11.5. The third-order valence-electron chi connectivity index (χ3n) is 2.24. The molecule has 0 atom stereocenters. The van der Waals surface area contributed by atoms with Gasteiger partial charge in [0.25, 0.3) is 5.91 Å². The van der Waals surface area contributed by atoms with E-state index in [9.17, 15) is 9.59 Å². The van der Waals surface area contributed by atoms with Crippen LogP contribution in [0.3, 0.4) is 0 Å². The van der Waals surface area contributed by atoms with Gasteiger partial charge in [0.1, 0.15) is 0 Å². The number of carbonyl (C=O) groups is 2. The van der Waals surface area contributed by atoms with Crippen LogP contribution in [0.4, 0.5) is 5.69 Å². The first kappa shape index (κ1) is 17.2. The van der Waals surface area contributed by atoms with E-state index in [2.05, 4.69) is 10.6 Å². The lowest BCUT2D eigenvalue weighted by Gasteiger charge is -2.07. The van der Waals surface area contributed by atoms with E-state index in [0.717, 1.165) is 0 Å². The van der Waals surface area contributed by atoms with Crippen LogP contribution in [0.25, 0.3) is 0 Å². The molecule has 0 saturated carbocycles. The number of ether oxygens (including phenoxy) is 1. The molecule has 0 aliphatic carbocycles. The molecule has 4 N–H and O–H groups in total. The zero-order valence-electron chi connectivity index (χ0n) is 10.6. The average Bonchev–Trinajstić information content (AvgIpc) is 2.37. The Balaban J connectivity index is 0.00000324. The Kier molecular flexibility index (Phi) is 8.32. The number of nitrogen functional groups attached to an aromatic ring is 1. The number of hydrogen-bond donors (Lipinski definition) is 3. The Morgan fingerprint density at radius 1 is 1.26 bits per heavy atom. The molecule has 19 heavy (non-hydrogen) atoms. The summed E-state index contributed by atoms with van der Waals surface area (Å²) in [5.41, 5.74) is 6.40. The maximum atomic E-state index is 11.7. The monoisotopic (exact) mass is 287 g/mol. The van der Waals surface area contributed by atoms with Crippen molar-refractivity contribution in [3.8, 4) is 0 Å². The molecule has 1 rings (SSSR count). The summed E-state index contributed by atoms with van der Waals surface area (Å²) >= 11 is 0. The highest BCUT2D eigenvalue weighted by Crippen LogP contribution is 2.09. The zero-order chi connectivity index (χ0) is 13.4. The molecular formula is C12H18ClN3O3. The van der Waals surface area contributed by atoms with E-state index in [1.165, 1.54) is 0 Å². The predicted molar refractivity (Wildman–Crippen MR) is 75.3 cm³/mol. The highest BCUT2D eigenvalue weighted by Gasteiger charge is 2.09. The van der Waals surface area contributed by atoms with Crippen molar-refractivity contribution >= 4 is 29.9 Å². The minimum Gasteiger partial charge on any atom is -0.398 e. The Morgan fingerprint density at radius 2 is 1.95 bits per heavy atom. The number of amides is 2. The summed E-state index contributed by atoms with van der Waals surface area (Å²) in [5.74, 6) is -0.634. The van der Waals surface area contributed by atoms with Gasteiger partial charge in [-0.05, 0) is 12.1 Å². The van der Waals surface area contributed by atoms with Gasteiger partial charge in [-0.2, -0.15) is 0 Å². The fourth-order valence-electron chi connectivity index (χ4n) is 1.31. The molecule has 0 aromatic heterocycles. The summed E-state index contributed by atoms with van der Waals surface area (Å²) in [6.45, 7) is 0.765. The van der Waals surface area contributed by atoms with Gasteiger partial charge in [-0.15, -0.1) is 12.4 Å². The highest BCUT2D eigenvalue weighted by molar-refractivity contribution is 6.00. The summed E-state index contributed by atoms with van der Waals surface area (Å²) < 4.78 is 4.78. The van der Waals surface area contributed by atoms with Crippen LogP contribution < -0.4 is 16.4 Å². The van der Waals surface area contributed by atoms with Crippen molar-refractivity contribution < 1.29 is 14.3 Å². The predicted octanol–water partition coefficient (Wildman–Crippen LogP) is 0.183. The molecule has 0 aliphatic rings. The lowest BCUT2D eigenvalue weighted by atomic mass is 10.1. The summed E-state index contributed by atoms with van der Waals surface area (Å²) in [5, 5.41) is 5.09. The second-order valence-electron chi connectivity index (χ2n) is 3.61. The standard InChI is InChI=1S/C12H17N3O3.ClH/c1-18-7-6-14-11(16)8-15-12(17)9-4-2-3-5-10(9)13;/h2-5H,6-8,13H2,1H3,(H,14,16)(H,15,17);1H. The van der Waals surface area contributed by atoms with Gasteiger partial charge in [-0.3, -0.25) is 9.59 Å². The van der Waals surface area contributed by atoms with Crippen LogP contribution in [0, 0.1) is 0 Å². The van der Waals surface area contributed by atoms with Crippen LogP contribution in [0.15, 0.2) is 24.3 Å². The van der Waals surface area contributed by atoms with Crippen LogP contribution in [0.1, 0.15) is 10.4 Å². The quantitative estimate of drug-likeness (QED) is 0.514. The number of carbonyl (C=O) groups excluding carboxylic acids is 2. The Labute approximate surface area is 118 Å². The van der Waals surface area contributed by atoms with Crippen LogP contribution >= 0.6 is 12.4 Å². The molecule has 0 bridgehead atoms. The molecule has 7 heteroatoms. The first-order valence-electron chi connectivity index (χ1n) is 5.53. The van der Waals surface area contributed by atoms with Crippen molar-refractivity contribution in [3.05, 3.63) is 29.8 Å². The van der Waals surface area contributed by atoms with E-state index in [1.807, 2.05) is 0 Å². The highest BCUT2D eigenvalue weighted by atomic mass is 35.5. The fourth-order valence-corrected chi connectivity index (χ4v) is 1.31. The summed E-state index contributed by atoms with van der Waals surface area (Å²) in [6, 6.07) is 6.69. The fraction of sp³-hybridized carbons (Fsp3) is 0.333. The minimum absolute atomic E-state index is 0. The van der Waals surface area contributed by atoms with E-state index in [4.69, 9.17) is 10.5 Å². The number of nitrogens with two attached hydrogens (primary N) is 1. The molecule has 106 valence electrons. The van der Waals surface area contributed by atoms with Gasteiger partial charge in [-0.25, -0.2) is 0 Å². The number of anilines is 1. The summed E-state index contributed by atoms with van der Waals surface area (Å²) in [6.07, 6.45) is 0. The van der Waals surface area contributed by atoms with Gasteiger partial charge in [0.2, 0.25) is 5.91 Å². The van der Waals surface area contributed by atoms with Crippen molar-refractivity contribution in [2.45, 2.75) is 0 Å². The van der Waals surface area contributed by atoms with Gasteiger partial charge in [0.05, 0.1) is 18.7 Å². The summed E-state index contributed by atoms with van der Waals surface area (Å²) in [4.78, 5) is 23.0. The Bertz CT molecular complexity index is 426. The van der Waals surface area contributed by atoms with E-state index < -0.39 is 0 Å². The van der Waals surface area contributed by atoms with Crippen LogP contribution in [0.5, 0.6) is 0 Å². The van der Waals surface area contributed by atoms with Crippen molar-refractivity contribution in [1.29, 1.82) is 0 Å². The van der Waals surface area contributed by atoms with E-state index in [-0.39, 0.29) is 30.8 Å². The van der Waals surface area contributed by atoms with Crippen LogP contribution in [0.2, 0.25) is 0 Å². The van der Waals surface area contributed by atoms with Gasteiger partial charge in [0, 0.05) is 19.3 Å². The molecule has 0 radical (unpaired) electrons. The van der Waals surface area contributed by atoms with E-state index >= 15 is 0 Å². The minimum atomic E-state index is -0.366. The lowest BCUT2D eigenvalue weighted by molar-refractivity contribution is -0.120. The molecule has 0 spiro atoms. The second kappa shape index (κ2) is 9.18. The average molecular weight is 288 g/mol. The third kappa shape index (κ3) is 6.08.